The van der Waals surface area contributed by atoms with Gasteiger partial charge in [-0.3, -0.25) is 0 Å². The molecule has 0 radical (unpaired) electrons. The summed E-state index contributed by atoms with van der Waals surface area (Å²) >= 11 is 0. The van der Waals surface area contributed by atoms with Gasteiger partial charge < -0.3 is 24.5 Å². The van der Waals surface area contributed by atoms with Gasteiger partial charge in [0.2, 0.25) is 0 Å². The maximum absolute atomic E-state index is 2.52. The predicted octanol–water partition coefficient (Wildman–Crippen LogP) is 40.0. The molecule has 0 saturated carbocycles. The third-order valence-electron chi connectivity index (χ3n) is 27.5. The molecular weight excluding hydrogens is 1760 g/mol. The van der Waals surface area contributed by atoms with Crippen LogP contribution in [0, 0.1) is 0 Å². The van der Waals surface area contributed by atoms with Crippen molar-refractivity contribution in [1.29, 1.82) is 0 Å². The van der Waals surface area contributed by atoms with Crippen molar-refractivity contribution in [3.05, 3.63) is 521 Å². The first-order chi connectivity index (χ1) is 70.3. The standard InChI is InChI=1S/C37H35N.C28H27N.2C26H25N.C24H23N/c1-36(2,3)38(29-21-22-31-30-18-12-13-19-33(30)37(4,5)34(31)25-29)35-23-20-28(26-14-8-6-9-15-26)24-32(35)27-16-10-7-11-17-27;1-28(2,3)29(26-18-14-24(15-19-26)22-10-6-4-7-11-22)27-20-16-25(17-21-27)23-12-8-5-9-13-23;1-26(2,3)27(25-15-9-13-22-12-7-8-14-24(22)25)23-18-16-21(17-19-23)20-10-5-4-6-11-20;1-26(2,3)27(25-18-15-21-11-7-8-12-23(21)19-25)24-16-13-22(14-17-24)20-9-5-4-6-10-20;1-24(2,3)25(22-14-12-18-8-4-6-10-20(18)16-22)23-15-13-19-9-5-7-11-21(19)17-23/h6-25H,1-5H3;4-21H,1-3H3;2*4-19H,1-3H3;4-17H,1-3H3. The van der Waals surface area contributed by atoms with Gasteiger partial charge in [0.25, 0.3) is 0 Å². The Labute approximate surface area is 867 Å². The average molecular weight is 1900 g/mol. The molecule has 0 spiro atoms. The molecule has 1 aliphatic carbocycles. The van der Waals surface area contributed by atoms with Crippen molar-refractivity contribution >= 4 is 100.0 Å². The van der Waals surface area contributed by atoms with Gasteiger partial charge in [0.1, 0.15) is 0 Å². The van der Waals surface area contributed by atoms with Crippen LogP contribution < -0.4 is 24.5 Å². The van der Waals surface area contributed by atoms with Crippen LogP contribution in [0.1, 0.15) is 129 Å². The largest absolute Gasteiger partial charge is 0.336 e. The van der Waals surface area contributed by atoms with Gasteiger partial charge in [0, 0.05) is 101 Å². The summed E-state index contributed by atoms with van der Waals surface area (Å²) < 4.78 is 0. The zero-order valence-electron chi connectivity index (χ0n) is 87.7. The smallest absolute Gasteiger partial charge is 0.0495 e. The highest BCUT2D eigenvalue weighted by molar-refractivity contribution is 5.98. The fourth-order valence-corrected chi connectivity index (χ4v) is 20.9. The molecule has 0 aliphatic heterocycles. The number of hydrogen-bond donors (Lipinski definition) is 0. The number of rotatable bonds is 16. The number of hydrogen-bond acceptors (Lipinski definition) is 5. The summed E-state index contributed by atoms with van der Waals surface area (Å²) in [7, 11) is 0. The first-order valence-corrected chi connectivity index (χ1v) is 51.4. The van der Waals surface area contributed by atoms with Crippen LogP contribution in [0.15, 0.2) is 510 Å². The van der Waals surface area contributed by atoms with Gasteiger partial charge in [0.05, 0.1) is 0 Å². The molecule has 22 rings (SSSR count). The van der Waals surface area contributed by atoms with E-state index < -0.39 is 0 Å². The maximum atomic E-state index is 2.52. The topological polar surface area (TPSA) is 16.2 Å². The Morgan fingerprint density at radius 3 is 0.760 bits per heavy atom. The molecule has 724 valence electrons. The molecule has 0 aromatic heterocycles. The lowest BCUT2D eigenvalue weighted by Crippen LogP contribution is -2.38. The van der Waals surface area contributed by atoms with Crippen molar-refractivity contribution in [3.8, 4) is 77.9 Å². The van der Waals surface area contributed by atoms with Crippen molar-refractivity contribution in [1.82, 2.24) is 0 Å². The van der Waals surface area contributed by atoms with E-state index >= 15 is 0 Å². The van der Waals surface area contributed by atoms with Gasteiger partial charge in [-0.2, -0.15) is 0 Å². The lowest BCUT2D eigenvalue weighted by Gasteiger charge is -2.40. The second-order valence-electron chi connectivity index (χ2n) is 43.6. The van der Waals surface area contributed by atoms with Crippen LogP contribution >= 0.6 is 0 Å². The summed E-state index contributed by atoms with van der Waals surface area (Å²) in [5.74, 6) is 0. The molecule has 0 bridgehead atoms. The molecule has 0 heterocycles. The van der Waals surface area contributed by atoms with E-state index in [0.717, 1.165) is 0 Å². The molecule has 5 heteroatoms. The van der Waals surface area contributed by atoms with E-state index in [1.807, 2.05) is 0 Å². The van der Waals surface area contributed by atoms with Gasteiger partial charge in [0.15, 0.2) is 0 Å². The second kappa shape index (κ2) is 43.1. The zero-order valence-corrected chi connectivity index (χ0v) is 87.7. The molecule has 5 nitrogen and oxygen atoms in total. The van der Waals surface area contributed by atoms with Crippen LogP contribution in [0.4, 0.5) is 56.9 Å². The van der Waals surface area contributed by atoms with Gasteiger partial charge in [-0.25, -0.2) is 0 Å². The Morgan fingerprint density at radius 1 is 0.144 bits per heavy atom. The van der Waals surface area contributed by atoms with E-state index in [2.05, 4.69) is 652 Å². The minimum absolute atomic E-state index is 0.0229. The van der Waals surface area contributed by atoms with Gasteiger partial charge in [-0.05, 0) is 340 Å². The third kappa shape index (κ3) is 22.8. The molecule has 0 atom stereocenters. The van der Waals surface area contributed by atoms with Crippen LogP contribution in [-0.4, -0.2) is 27.7 Å². The Bertz CT molecular complexity index is 7790. The second-order valence-corrected chi connectivity index (χ2v) is 43.6. The van der Waals surface area contributed by atoms with Crippen LogP contribution in [0.2, 0.25) is 0 Å². The molecule has 0 amide bonds. The number of nitrogens with zero attached hydrogens (tertiary/aromatic N) is 5. The molecule has 1 aliphatic rings. The van der Waals surface area contributed by atoms with Crippen molar-refractivity contribution in [2.75, 3.05) is 24.5 Å². The summed E-state index contributed by atoms with van der Waals surface area (Å²) in [6, 6.07) is 183. The monoisotopic (exact) mass is 1900 g/mol. The summed E-state index contributed by atoms with van der Waals surface area (Å²) in [5, 5.41) is 10.2. The van der Waals surface area contributed by atoms with Gasteiger partial charge >= 0.3 is 0 Å². The Kier molecular flexibility index (Phi) is 29.4. The summed E-state index contributed by atoms with van der Waals surface area (Å²) in [5.41, 5.74) is 32.2. The quantitative estimate of drug-likeness (QED) is 0.0955. The SMILES string of the molecule is CC(C)(C)N(c1ccc(-c2ccccc2)cc1)c1ccc(-c2ccccc2)cc1.CC(C)(C)N(c1ccc(-c2ccccc2)cc1)c1ccc2ccccc2c1.CC(C)(C)N(c1ccc(-c2ccccc2)cc1)c1cccc2ccccc12.CC(C)(C)N(c1ccc2ccccc2c1)c1ccc2ccccc2c1.CC1(C)c2ccccc2-c2ccc(N(c3ccc(-c4ccccc4)cc3-c3ccccc3)C(C)(C)C)cc21. The molecular formula is C141H135N5. The first-order valence-electron chi connectivity index (χ1n) is 51.4. The fourth-order valence-electron chi connectivity index (χ4n) is 20.9. The highest BCUT2D eigenvalue weighted by Crippen LogP contribution is 2.53. The van der Waals surface area contributed by atoms with Crippen molar-refractivity contribution in [2.24, 2.45) is 0 Å². The lowest BCUT2D eigenvalue weighted by molar-refractivity contribution is 0.559. The predicted molar refractivity (Wildman–Crippen MR) is 634 cm³/mol. The normalized spacial score (nSPS) is 12.1. The summed E-state index contributed by atoms with van der Waals surface area (Å²) in [4.78, 5) is 12.2. The third-order valence-corrected chi connectivity index (χ3v) is 27.5. The van der Waals surface area contributed by atoms with Crippen molar-refractivity contribution in [3.63, 3.8) is 0 Å². The molecule has 0 fully saturated rings. The van der Waals surface area contributed by atoms with E-state index in [0.29, 0.717) is 0 Å². The highest BCUT2D eigenvalue weighted by atomic mass is 15.2. The van der Waals surface area contributed by atoms with Crippen molar-refractivity contribution < 1.29 is 0 Å². The zero-order chi connectivity index (χ0) is 102. The highest BCUT2D eigenvalue weighted by Gasteiger charge is 2.38. The number of benzene rings is 21. The van der Waals surface area contributed by atoms with Crippen LogP contribution in [0.3, 0.4) is 0 Å². The van der Waals surface area contributed by atoms with E-state index in [9.17, 15) is 0 Å². The van der Waals surface area contributed by atoms with Gasteiger partial charge in [-0.1, -0.05) is 408 Å². The Balaban J connectivity index is 0.000000121. The minimum Gasteiger partial charge on any atom is -0.336 e. The number of fused-ring (bicyclic) bond motifs is 7. The number of anilines is 10. The lowest BCUT2D eigenvalue weighted by atomic mass is 9.82. The Morgan fingerprint density at radius 2 is 0.390 bits per heavy atom. The minimum atomic E-state index is -0.137. The van der Waals surface area contributed by atoms with Crippen molar-refractivity contribution in [2.45, 2.75) is 151 Å². The van der Waals surface area contributed by atoms with Crippen LogP contribution in [-0.2, 0) is 5.41 Å². The first kappa shape index (κ1) is 99.8. The molecule has 146 heavy (non-hydrogen) atoms. The van der Waals surface area contributed by atoms with Gasteiger partial charge in [-0.15, -0.1) is 0 Å². The van der Waals surface area contributed by atoms with Crippen LogP contribution in [0.25, 0.3) is 121 Å². The molecule has 0 saturated heterocycles. The summed E-state index contributed by atoms with van der Waals surface area (Å²) in [6.45, 7) is 38.7. The van der Waals surface area contributed by atoms with E-state index in [1.165, 1.54) is 189 Å². The molecule has 0 unspecified atom stereocenters. The molecule has 21 aromatic carbocycles. The van der Waals surface area contributed by atoms with E-state index in [-0.39, 0.29) is 33.1 Å². The molecule has 0 N–H and O–H groups in total. The molecule has 21 aromatic rings. The van der Waals surface area contributed by atoms with E-state index in [4.69, 9.17) is 0 Å². The Hall–Kier alpha value is -16.3. The maximum Gasteiger partial charge on any atom is 0.0495 e. The summed E-state index contributed by atoms with van der Waals surface area (Å²) in [6.07, 6.45) is 0. The van der Waals surface area contributed by atoms with Crippen LogP contribution in [0.5, 0.6) is 0 Å². The fraction of sp³-hybridized carbons (Fsp3) is 0.163. The average Bonchev–Trinajstić information content (AvgIpc) is 1.56. The van der Waals surface area contributed by atoms with E-state index in [1.54, 1.807) is 0 Å².